The number of carbonyl (C=O) groups is 3. The van der Waals surface area contributed by atoms with Gasteiger partial charge in [-0.05, 0) is 25.1 Å². The largest absolute Gasteiger partial charge is 0.360 e. The zero-order valence-corrected chi connectivity index (χ0v) is 18.5. The monoisotopic (exact) mass is 463 g/mol. The predicted octanol–water partition coefficient (Wildman–Crippen LogP) is 2.22. The molecule has 0 saturated carbocycles. The van der Waals surface area contributed by atoms with Crippen LogP contribution >= 0.6 is 23.4 Å². The SMILES string of the molecule is Cc1cc(NC(=O)CN2CCN(C(=O)CC3Sc4ccc(Cl)cc4NC3=O)CC2)no1. The van der Waals surface area contributed by atoms with Crippen LogP contribution in [0, 0.1) is 6.92 Å². The number of nitrogens with zero attached hydrogens (tertiary/aromatic N) is 3. The molecule has 0 radical (unpaired) electrons. The lowest BCUT2D eigenvalue weighted by atomic mass is 10.2. The fourth-order valence-electron chi connectivity index (χ4n) is 3.51. The van der Waals surface area contributed by atoms with Gasteiger partial charge in [0.2, 0.25) is 17.7 Å². The van der Waals surface area contributed by atoms with Crippen LogP contribution in [-0.2, 0) is 14.4 Å². The van der Waals surface area contributed by atoms with E-state index in [1.54, 1.807) is 30.0 Å². The van der Waals surface area contributed by atoms with Gasteiger partial charge >= 0.3 is 0 Å². The van der Waals surface area contributed by atoms with E-state index >= 15 is 0 Å². The number of amides is 3. The van der Waals surface area contributed by atoms with Gasteiger partial charge in [-0.25, -0.2) is 0 Å². The third-order valence-corrected chi connectivity index (χ3v) is 6.62. The first-order valence-electron chi connectivity index (χ1n) is 9.88. The van der Waals surface area contributed by atoms with E-state index < -0.39 is 5.25 Å². The Morgan fingerprint density at radius 3 is 2.77 bits per heavy atom. The van der Waals surface area contributed by atoms with Crippen molar-refractivity contribution in [1.82, 2.24) is 15.0 Å². The van der Waals surface area contributed by atoms with E-state index in [9.17, 15) is 14.4 Å². The highest BCUT2D eigenvalue weighted by atomic mass is 35.5. The summed E-state index contributed by atoms with van der Waals surface area (Å²) < 4.78 is 4.93. The molecule has 3 amide bonds. The smallest absolute Gasteiger partial charge is 0.239 e. The molecule has 1 fully saturated rings. The Balaban J connectivity index is 1.24. The van der Waals surface area contributed by atoms with Crippen LogP contribution in [0.15, 0.2) is 33.7 Å². The molecule has 11 heteroatoms. The van der Waals surface area contributed by atoms with Gasteiger partial charge in [-0.1, -0.05) is 16.8 Å². The molecule has 164 valence electrons. The molecule has 4 rings (SSSR count). The van der Waals surface area contributed by atoms with Gasteiger partial charge in [0.25, 0.3) is 0 Å². The van der Waals surface area contributed by atoms with Crippen LogP contribution in [-0.4, -0.2) is 70.7 Å². The maximum absolute atomic E-state index is 12.7. The molecule has 1 aromatic heterocycles. The molecular weight excluding hydrogens is 442 g/mol. The summed E-state index contributed by atoms with van der Waals surface area (Å²) in [7, 11) is 0. The second-order valence-corrected chi connectivity index (χ2v) is 9.15. The summed E-state index contributed by atoms with van der Waals surface area (Å²) in [4.78, 5) is 41.9. The van der Waals surface area contributed by atoms with Gasteiger partial charge in [0, 0.05) is 48.6 Å². The topological polar surface area (TPSA) is 108 Å². The van der Waals surface area contributed by atoms with Gasteiger partial charge in [0.1, 0.15) is 5.76 Å². The molecule has 1 atom stereocenters. The van der Waals surface area contributed by atoms with Crippen LogP contribution < -0.4 is 10.6 Å². The average molecular weight is 464 g/mol. The standard InChI is InChI=1S/C20H22ClN5O4S/c1-12-8-17(24-30-12)23-18(27)11-25-4-6-26(7-5-25)19(28)10-16-20(29)22-14-9-13(21)2-3-15(14)31-16/h2-3,8-9,16H,4-7,10-11H2,1H3,(H,22,29)(H,23,24,27). The number of halogens is 1. The van der Waals surface area contributed by atoms with E-state index in [1.807, 2.05) is 11.0 Å². The highest BCUT2D eigenvalue weighted by Crippen LogP contribution is 2.38. The number of rotatable bonds is 5. The number of hydrogen-bond acceptors (Lipinski definition) is 7. The molecule has 31 heavy (non-hydrogen) atoms. The number of hydrogen-bond donors (Lipinski definition) is 2. The Bertz CT molecular complexity index is 1010. The Kier molecular flexibility index (Phi) is 6.49. The molecule has 1 aromatic carbocycles. The zero-order chi connectivity index (χ0) is 22.0. The van der Waals surface area contributed by atoms with E-state index in [-0.39, 0.29) is 30.7 Å². The first kappa shape index (κ1) is 21.7. The molecule has 0 aliphatic carbocycles. The highest BCUT2D eigenvalue weighted by Gasteiger charge is 2.31. The summed E-state index contributed by atoms with van der Waals surface area (Å²) in [6, 6.07) is 6.98. The predicted molar refractivity (Wildman–Crippen MR) is 117 cm³/mol. The lowest BCUT2D eigenvalue weighted by molar-refractivity contribution is -0.134. The molecule has 2 aliphatic rings. The van der Waals surface area contributed by atoms with Gasteiger partial charge < -0.3 is 20.1 Å². The normalized spacial score (nSPS) is 19.0. The van der Waals surface area contributed by atoms with Crippen molar-refractivity contribution in [3.8, 4) is 0 Å². The summed E-state index contributed by atoms with van der Waals surface area (Å²) >= 11 is 7.36. The quantitative estimate of drug-likeness (QED) is 0.699. The highest BCUT2D eigenvalue weighted by molar-refractivity contribution is 8.01. The minimum absolute atomic E-state index is 0.0627. The van der Waals surface area contributed by atoms with Crippen molar-refractivity contribution in [1.29, 1.82) is 0 Å². The van der Waals surface area contributed by atoms with Crippen LogP contribution in [0.25, 0.3) is 0 Å². The Morgan fingerprint density at radius 2 is 2.06 bits per heavy atom. The first-order valence-corrected chi connectivity index (χ1v) is 11.1. The molecule has 1 unspecified atom stereocenters. The molecule has 2 aromatic rings. The maximum Gasteiger partial charge on any atom is 0.239 e. The summed E-state index contributed by atoms with van der Waals surface area (Å²) in [6.07, 6.45) is 0.130. The number of anilines is 2. The van der Waals surface area contributed by atoms with E-state index in [0.29, 0.717) is 48.5 Å². The van der Waals surface area contributed by atoms with Crippen molar-refractivity contribution in [2.24, 2.45) is 0 Å². The summed E-state index contributed by atoms with van der Waals surface area (Å²) in [5, 5.41) is 9.34. The van der Waals surface area contributed by atoms with Crippen LogP contribution in [0.2, 0.25) is 5.02 Å². The van der Waals surface area contributed by atoms with Crippen molar-refractivity contribution in [3.63, 3.8) is 0 Å². The summed E-state index contributed by atoms with van der Waals surface area (Å²) in [5.41, 5.74) is 0.680. The lowest BCUT2D eigenvalue weighted by Crippen LogP contribution is -2.51. The Morgan fingerprint density at radius 1 is 1.29 bits per heavy atom. The summed E-state index contributed by atoms with van der Waals surface area (Å²) in [6.45, 7) is 4.17. The second-order valence-electron chi connectivity index (χ2n) is 7.47. The van der Waals surface area contributed by atoms with Crippen molar-refractivity contribution in [2.45, 2.75) is 23.5 Å². The first-order chi connectivity index (χ1) is 14.9. The van der Waals surface area contributed by atoms with E-state index in [1.165, 1.54) is 11.8 Å². The van der Waals surface area contributed by atoms with Gasteiger partial charge in [0.05, 0.1) is 17.5 Å². The van der Waals surface area contributed by atoms with Crippen molar-refractivity contribution in [2.75, 3.05) is 43.4 Å². The number of aromatic nitrogens is 1. The lowest BCUT2D eigenvalue weighted by Gasteiger charge is -2.35. The molecule has 3 heterocycles. The average Bonchev–Trinajstić information content (AvgIpc) is 3.13. The number of aryl methyl sites for hydroxylation is 1. The van der Waals surface area contributed by atoms with E-state index in [2.05, 4.69) is 15.8 Å². The fourth-order valence-corrected chi connectivity index (χ4v) is 4.76. The summed E-state index contributed by atoms with van der Waals surface area (Å²) in [5.74, 6) is 0.587. The third kappa shape index (κ3) is 5.38. The number of fused-ring (bicyclic) bond motifs is 1. The maximum atomic E-state index is 12.7. The van der Waals surface area contributed by atoms with E-state index in [0.717, 1.165) is 4.90 Å². The number of piperazine rings is 1. The number of nitrogens with one attached hydrogen (secondary N) is 2. The van der Waals surface area contributed by atoms with Crippen LogP contribution in [0.3, 0.4) is 0 Å². The molecule has 2 aliphatic heterocycles. The van der Waals surface area contributed by atoms with Crippen molar-refractivity contribution < 1.29 is 18.9 Å². The van der Waals surface area contributed by atoms with Crippen molar-refractivity contribution in [3.05, 3.63) is 35.0 Å². The number of carbonyl (C=O) groups excluding carboxylic acids is 3. The number of thioether (sulfide) groups is 1. The van der Waals surface area contributed by atoms with Crippen LogP contribution in [0.4, 0.5) is 11.5 Å². The Labute approximate surface area is 188 Å². The fraction of sp³-hybridized carbons (Fsp3) is 0.400. The van der Waals surface area contributed by atoms with Crippen LogP contribution in [0.1, 0.15) is 12.2 Å². The van der Waals surface area contributed by atoms with Gasteiger partial charge in [-0.15, -0.1) is 11.8 Å². The van der Waals surface area contributed by atoms with Crippen molar-refractivity contribution >= 4 is 52.6 Å². The molecule has 1 saturated heterocycles. The minimum Gasteiger partial charge on any atom is -0.360 e. The molecular formula is C20H22ClN5O4S. The van der Waals surface area contributed by atoms with Crippen LogP contribution in [0.5, 0.6) is 0 Å². The third-order valence-electron chi connectivity index (χ3n) is 5.11. The minimum atomic E-state index is -0.476. The molecule has 2 N–H and O–H groups in total. The van der Waals surface area contributed by atoms with Gasteiger partial charge in [-0.2, -0.15) is 0 Å². The number of benzene rings is 1. The Hall–Kier alpha value is -2.56. The van der Waals surface area contributed by atoms with Gasteiger partial charge in [-0.3, -0.25) is 19.3 Å². The molecule has 9 nitrogen and oxygen atoms in total. The second kappa shape index (κ2) is 9.29. The molecule has 0 bridgehead atoms. The molecule has 0 spiro atoms. The van der Waals surface area contributed by atoms with Gasteiger partial charge in [0.15, 0.2) is 5.82 Å². The van der Waals surface area contributed by atoms with E-state index in [4.69, 9.17) is 16.1 Å². The zero-order valence-electron chi connectivity index (χ0n) is 16.9.